The molecule has 28 heavy (non-hydrogen) atoms. The van der Waals surface area contributed by atoms with Crippen molar-refractivity contribution in [2.75, 3.05) is 30.1 Å². The maximum absolute atomic E-state index is 11.9. The lowest BCUT2D eigenvalue weighted by molar-refractivity contribution is 0.0214. The summed E-state index contributed by atoms with van der Waals surface area (Å²) in [6.07, 6.45) is 4.74. The highest BCUT2D eigenvalue weighted by molar-refractivity contribution is 6.20. The average Bonchev–Trinajstić information content (AvgIpc) is 2.67. The van der Waals surface area contributed by atoms with Gasteiger partial charge in [-0.25, -0.2) is 9.99 Å². The van der Waals surface area contributed by atoms with Crippen molar-refractivity contribution < 1.29 is 9.53 Å². The summed E-state index contributed by atoms with van der Waals surface area (Å²) in [5.74, 6) is 0.328. The van der Waals surface area contributed by atoms with Gasteiger partial charge in [0.05, 0.1) is 24.5 Å². The monoisotopic (exact) mass is 402 g/mol. The van der Waals surface area contributed by atoms with Gasteiger partial charge >= 0.3 is 0 Å². The number of benzene rings is 1. The number of nitrogens with zero attached hydrogens (tertiary/aromatic N) is 4. The van der Waals surface area contributed by atoms with Gasteiger partial charge in [-0.1, -0.05) is 18.2 Å². The van der Waals surface area contributed by atoms with Crippen molar-refractivity contribution in [3.63, 3.8) is 0 Å². The number of hydrogen-bond donors (Lipinski definition) is 2. The maximum atomic E-state index is 11.9. The summed E-state index contributed by atoms with van der Waals surface area (Å²) in [6.45, 7) is 1.55. The molecule has 1 aliphatic carbocycles. The maximum Gasteiger partial charge on any atom is 0.254 e. The highest BCUT2D eigenvalue weighted by Gasteiger charge is 2.31. The number of aromatic nitrogens is 2. The van der Waals surface area contributed by atoms with Crippen LogP contribution in [0.4, 0.5) is 17.5 Å². The molecule has 0 spiro atoms. The second-order valence-electron chi connectivity index (χ2n) is 6.89. The number of nitrogens with two attached hydrogens (primary N) is 1. The highest BCUT2D eigenvalue weighted by atomic mass is 35.5. The first kappa shape index (κ1) is 18.9. The van der Waals surface area contributed by atoms with Crippen molar-refractivity contribution in [2.45, 2.75) is 30.8 Å². The topological polar surface area (TPSA) is 96.6 Å². The molecule has 2 heterocycles. The summed E-state index contributed by atoms with van der Waals surface area (Å²) in [5, 5.41) is 7.17. The van der Waals surface area contributed by atoms with Gasteiger partial charge in [-0.15, -0.1) is 11.6 Å². The van der Waals surface area contributed by atoms with E-state index in [9.17, 15) is 4.79 Å². The van der Waals surface area contributed by atoms with Crippen LogP contribution in [0.25, 0.3) is 0 Å². The third-order valence-corrected chi connectivity index (χ3v) is 5.33. The summed E-state index contributed by atoms with van der Waals surface area (Å²) in [6, 6.07) is 10.1. The third kappa shape index (κ3) is 3.89. The Bertz CT molecular complexity index is 832. The number of morpholine rings is 1. The van der Waals surface area contributed by atoms with Crippen LogP contribution in [0.5, 0.6) is 0 Å². The molecule has 1 atom stereocenters. The van der Waals surface area contributed by atoms with Crippen LogP contribution in [-0.2, 0) is 4.74 Å². The first-order valence-corrected chi connectivity index (χ1v) is 9.84. The molecule has 0 radical (unpaired) electrons. The largest absolute Gasteiger partial charge is 0.377 e. The van der Waals surface area contributed by atoms with E-state index >= 15 is 0 Å². The van der Waals surface area contributed by atoms with E-state index in [4.69, 9.17) is 22.1 Å². The van der Waals surface area contributed by atoms with E-state index in [2.05, 4.69) is 15.3 Å². The Hall–Kier alpha value is -2.42. The molecule has 1 aromatic carbocycles. The van der Waals surface area contributed by atoms with Gasteiger partial charge in [0.1, 0.15) is 11.3 Å². The zero-order valence-corrected chi connectivity index (χ0v) is 16.2. The van der Waals surface area contributed by atoms with Crippen LogP contribution in [0.3, 0.4) is 0 Å². The first-order chi connectivity index (χ1) is 13.6. The summed E-state index contributed by atoms with van der Waals surface area (Å²) >= 11 is 6.53. The van der Waals surface area contributed by atoms with Gasteiger partial charge in [-0.3, -0.25) is 4.79 Å². The molecule has 4 rings (SSSR count). The van der Waals surface area contributed by atoms with E-state index in [-0.39, 0.29) is 11.1 Å². The Balaban J connectivity index is 1.74. The molecule has 148 valence electrons. The molecule has 1 amide bonds. The molecule has 1 aliphatic heterocycles. The minimum Gasteiger partial charge on any atom is -0.377 e. The lowest BCUT2D eigenvalue weighted by atomic mass is 9.93. The van der Waals surface area contributed by atoms with Gasteiger partial charge in [0, 0.05) is 18.8 Å². The smallest absolute Gasteiger partial charge is 0.254 e. The van der Waals surface area contributed by atoms with Crippen LogP contribution >= 0.6 is 11.6 Å². The molecule has 9 heteroatoms. The van der Waals surface area contributed by atoms with Crippen LogP contribution < -0.4 is 16.1 Å². The van der Waals surface area contributed by atoms with Crippen molar-refractivity contribution >= 4 is 35.0 Å². The molecule has 2 aliphatic rings. The van der Waals surface area contributed by atoms with E-state index in [1.54, 1.807) is 0 Å². The van der Waals surface area contributed by atoms with E-state index < -0.39 is 5.91 Å². The van der Waals surface area contributed by atoms with E-state index in [1.165, 1.54) is 12.6 Å². The number of anilines is 3. The molecule has 0 bridgehead atoms. The van der Waals surface area contributed by atoms with Crippen LogP contribution in [0.2, 0.25) is 0 Å². The molecule has 3 N–H and O–H groups in total. The number of carbonyl (C=O) groups excluding carboxylic acids is 1. The summed E-state index contributed by atoms with van der Waals surface area (Å²) < 4.78 is 5.47. The van der Waals surface area contributed by atoms with Crippen molar-refractivity contribution in [1.82, 2.24) is 15.0 Å². The van der Waals surface area contributed by atoms with Crippen molar-refractivity contribution in [1.29, 1.82) is 0 Å². The van der Waals surface area contributed by atoms with Gasteiger partial charge < -0.3 is 15.8 Å². The number of hydrogen-bond acceptors (Lipinski definition) is 7. The van der Waals surface area contributed by atoms with E-state index in [1.807, 2.05) is 40.3 Å². The number of alkyl halides is 1. The molecule has 1 aromatic heterocycles. The van der Waals surface area contributed by atoms with Crippen molar-refractivity contribution in [3.05, 3.63) is 42.1 Å². The predicted molar refractivity (Wildman–Crippen MR) is 108 cm³/mol. The normalized spacial score (nSPS) is 20.4. The number of amides is 1. The molecule has 2 aromatic rings. The van der Waals surface area contributed by atoms with Gasteiger partial charge in [-0.2, -0.15) is 9.99 Å². The Kier molecular flexibility index (Phi) is 5.61. The first-order valence-electron chi connectivity index (χ1n) is 9.40. The Morgan fingerprint density at radius 2 is 2.11 bits per heavy atom. The van der Waals surface area contributed by atoms with E-state index in [0.29, 0.717) is 37.6 Å². The number of hydrazine groups is 1. The number of ether oxygens (including phenoxy) is 1. The number of carbonyl (C=O) groups is 1. The van der Waals surface area contributed by atoms with Crippen molar-refractivity contribution in [3.8, 4) is 0 Å². The number of nitrogens with one attached hydrogen (secondary N) is 1. The number of rotatable bonds is 6. The number of para-hydroxylation sites is 1. The Labute approximate surface area is 168 Å². The van der Waals surface area contributed by atoms with Gasteiger partial charge in [0.25, 0.3) is 5.91 Å². The standard InChI is InChI=1S/C19H23ClN6O2/c20-16-12-28-10-9-25(16)26(14-7-2-1-3-8-14)19-22-11-15(17(21)27)18(24-19)23-13-5-4-6-13/h1-3,7-8,11,13,16H,4-6,9-10,12H2,(H2,21,27)(H,22,23,24). The van der Waals surface area contributed by atoms with Crippen molar-refractivity contribution in [2.24, 2.45) is 5.73 Å². The molecule has 2 fully saturated rings. The van der Waals surface area contributed by atoms with Gasteiger partial charge in [-0.05, 0) is 31.4 Å². The van der Waals surface area contributed by atoms with Crippen LogP contribution in [0.15, 0.2) is 36.5 Å². The molecule has 1 saturated carbocycles. The second kappa shape index (κ2) is 8.30. The minimum atomic E-state index is -0.554. The summed E-state index contributed by atoms with van der Waals surface area (Å²) in [4.78, 5) is 20.9. The van der Waals surface area contributed by atoms with Crippen LogP contribution in [0, 0.1) is 0 Å². The Morgan fingerprint density at radius 3 is 2.75 bits per heavy atom. The fourth-order valence-corrected chi connectivity index (χ4v) is 3.52. The third-order valence-electron chi connectivity index (χ3n) is 4.98. The molecule has 1 unspecified atom stereocenters. The lowest BCUT2D eigenvalue weighted by Crippen LogP contribution is -2.51. The summed E-state index contributed by atoms with van der Waals surface area (Å²) in [5.41, 5.74) is 6.32. The van der Waals surface area contributed by atoms with Crippen LogP contribution in [0.1, 0.15) is 29.6 Å². The summed E-state index contributed by atoms with van der Waals surface area (Å²) in [7, 11) is 0. The average molecular weight is 403 g/mol. The van der Waals surface area contributed by atoms with Gasteiger partial charge in [0.2, 0.25) is 5.95 Å². The molecular weight excluding hydrogens is 380 g/mol. The van der Waals surface area contributed by atoms with Gasteiger partial charge in [0.15, 0.2) is 0 Å². The van der Waals surface area contributed by atoms with E-state index in [0.717, 1.165) is 18.5 Å². The second-order valence-corrected chi connectivity index (χ2v) is 7.39. The zero-order chi connectivity index (χ0) is 19.5. The predicted octanol–water partition coefficient (Wildman–Crippen LogP) is 2.49. The number of halogens is 1. The quantitative estimate of drug-likeness (QED) is 0.566. The molecule has 8 nitrogen and oxygen atoms in total. The molecular formula is C19H23ClN6O2. The number of primary amides is 1. The fraction of sp³-hybridized carbons (Fsp3) is 0.421. The molecule has 1 saturated heterocycles. The van der Waals surface area contributed by atoms with Crippen LogP contribution in [-0.4, -0.2) is 52.2 Å². The zero-order valence-electron chi connectivity index (χ0n) is 15.4. The SMILES string of the molecule is NC(=O)c1cnc(N(c2ccccc2)N2CCOCC2Cl)nc1NC1CCC1. The highest BCUT2D eigenvalue weighted by Crippen LogP contribution is 2.30. The minimum absolute atomic E-state index is 0.285. The Morgan fingerprint density at radius 1 is 1.32 bits per heavy atom. The lowest BCUT2D eigenvalue weighted by Gasteiger charge is -2.40. The fourth-order valence-electron chi connectivity index (χ4n) is 3.25.